The molecule has 2 aliphatic heterocycles. The quantitative estimate of drug-likeness (QED) is 0.662. The fourth-order valence-corrected chi connectivity index (χ4v) is 4.88. The van der Waals surface area contributed by atoms with Gasteiger partial charge in [-0.05, 0) is 50.8 Å². The third kappa shape index (κ3) is 3.91. The van der Waals surface area contributed by atoms with Crippen LogP contribution in [0.2, 0.25) is 0 Å². The topological polar surface area (TPSA) is 104 Å². The number of hydrogen-bond acceptors (Lipinski definition) is 6. The normalized spacial score (nSPS) is 20.9. The van der Waals surface area contributed by atoms with E-state index in [2.05, 4.69) is 4.90 Å². The summed E-state index contributed by atoms with van der Waals surface area (Å²) >= 11 is 0. The molecular formula is C24H26FN7O. The van der Waals surface area contributed by atoms with Crippen LogP contribution in [0.4, 0.5) is 10.2 Å². The number of carbonyl (C=O) groups excluding carboxylic acids is 1. The zero-order valence-corrected chi connectivity index (χ0v) is 18.5. The van der Waals surface area contributed by atoms with Gasteiger partial charge in [0.05, 0.1) is 28.9 Å². The van der Waals surface area contributed by atoms with E-state index in [1.807, 2.05) is 25.3 Å². The van der Waals surface area contributed by atoms with E-state index in [9.17, 15) is 9.18 Å². The maximum Gasteiger partial charge on any atom is 0.257 e. The summed E-state index contributed by atoms with van der Waals surface area (Å²) < 4.78 is 16.3. The molecule has 33 heavy (non-hydrogen) atoms. The van der Waals surface area contributed by atoms with Crippen molar-refractivity contribution in [3.8, 4) is 6.07 Å². The van der Waals surface area contributed by atoms with E-state index in [1.165, 1.54) is 12.1 Å². The van der Waals surface area contributed by atoms with E-state index in [-0.39, 0.29) is 29.1 Å². The van der Waals surface area contributed by atoms with Crippen LogP contribution in [0, 0.1) is 24.1 Å². The van der Waals surface area contributed by atoms with Gasteiger partial charge in [0.25, 0.3) is 5.91 Å². The number of benzene rings is 1. The lowest BCUT2D eigenvalue weighted by atomic mass is 9.98. The highest BCUT2D eigenvalue weighted by molar-refractivity contribution is 5.95. The van der Waals surface area contributed by atoms with Gasteiger partial charge in [-0.3, -0.25) is 4.79 Å². The molecule has 2 aliphatic rings. The second-order valence-electron chi connectivity index (χ2n) is 8.93. The number of aryl methyl sites for hydroxylation is 1. The molecule has 0 saturated carbocycles. The third-order valence-corrected chi connectivity index (χ3v) is 6.58. The summed E-state index contributed by atoms with van der Waals surface area (Å²) in [6.45, 7) is 4.20. The molecule has 5 rings (SSSR count). The first-order chi connectivity index (χ1) is 15.9. The van der Waals surface area contributed by atoms with E-state index in [0.29, 0.717) is 12.2 Å². The number of hydrogen-bond donors (Lipinski definition) is 1. The molecular weight excluding hydrogens is 421 g/mol. The van der Waals surface area contributed by atoms with E-state index in [4.69, 9.17) is 21.1 Å². The Kier molecular flexibility index (Phi) is 5.46. The number of rotatable bonds is 3. The van der Waals surface area contributed by atoms with Crippen molar-refractivity contribution >= 4 is 17.4 Å². The first-order valence-corrected chi connectivity index (χ1v) is 11.3. The number of nitrogens with two attached hydrogens (primary N) is 1. The molecule has 3 aromatic rings. The van der Waals surface area contributed by atoms with Gasteiger partial charge >= 0.3 is 0 Å². The molecule has 0 bridgehead atoms. The van der Waals surface area contributed by atoms with Crippen LogP contribution in [0.3, 0.4) is 0 Å². The molecule has 4 heterocycles. The molecule has 2 atom stereocenters. The van der Waals surface area contributed by atoms with Gasteiger partial charge in [-0.2, -0.15) is 10.4 Å². The summed E-state index contributed by atoms with van der Waals surface area (Å²) in [6, 6.07) is 7.69. The van der Waals surface area contributed by atoms with Crippen molar-refractivity contribution in [2.45, 2.75) is 44.7 Å². The van der Waals surface area contributed by atoms with Crippen LogP contribution in [-0.4, -0.2) is 51.1 Å². The molecule has 1 aromatic carbocycles. The highest BCUT2D eigenvalue weighted by Gasteiger charge is 2.32. The van der Waals surface area contributed by atoms with Crippen molar-refractivity contribution in [2.24, 2.45) is 5.73 Å². The monoisotopic (exact) mass is 447 g/mol. The molecule has 0 unspecified atom stereocenters. The molecule has 170 valence electrons. The Balaban J connectivity index is 1.47. The fraction of sp³-hybridized carbons (Fsp3) is 0.417. The van der Waals surface area contributed by atoms with Crippen LogP contribution in [0.5, 0.6) is 0 Å². The number of amides is 1. The number of halogens is 1. The van der Waals surface area contributed by atoms with Gasteiger partial charge in [0.1, 0.15) is 11.6 Å². The largest absolute Gasteiger partial charge is 0.355 e. The first-order valence-electron chi connectivity index (χ1n) is 11.3. The number of nitrogens with zero attached hydrogens (tertiary/aromatic N) is 6. The average molecular weight is 448 g/mol. The molecule has 2 saturated heterocycles. The standard InChI is InChI=1S/C24H26FN7O/c1-15-13-32-22(28-23(15)30-9-7-17(27)14-30)11-20(29-32)21-4-2-3-8-31(21)24(33)18-6-5-16(12-26)10-19(18)25/h5-6,10-11,13,17,21H,2-4,7-9,14,27H2,1H3/t17-,21-/m0/s1. The van der Waals surface area contributed by atoms with E-state index in [0.717, 1.165) is 61.9 Å². The van der Waals surface area contributed by atoms with Crippen molar-refractivity contribution in [3.63, 3.8) is 0 Å². The Morgan fingerprint density at radius 2 is 2.09 bits per heavy atom. The minimum Gasteiger partial charge on any atom is -0.355 e. The smallest absolute Gasteiger partial charge is 0.257 e. The maximum atomic E-state index is 14.6. The van der Waals surface area contributed by atoms with Gasteiger partial charge in [0.2, 0.25) is 0 Å². The number of carbonyl (C=O) groups is 1. The zero-order chi connectivity index (χ0) is 23.1. The second kappa shape index (κ2) is 8.45. The lowest BCUT2D eigenvalue weighted by Crippen LogP contribution is -2.39. The molecule has 9 heteroatoms. The Morgan fingerprint density at radius 1 is 1.24 bits per heavy atom. The minimum absolute atomic E-state index is 0.0220. The first kappa shape index (κ1) is 21.3. The van der Waals surface area contributed by atoms with Crippen LogP contribution >= 0.6 is 0 Å². The Labute approximate surface area is 191 Å². The molecule has 0 radical (unpaired) electrons. The van der Waals surface area contributed by atoms with E-state index in [1.54, 1.807) is 9.42 Å². The minimum atomic E-state index is -0.677. The highest BCUT2D eigenvalue weighted by Crippen LogP contribution is 2.33. The summed E-state index contributed by atoms with van der Waals surface area (Å²) in [5.41, 5.74) is 8.73. The Bertz CT molecular complexity index is 1260. The number of aromatic nitrogens is 3. The van der Waals surface area contributed by atoms with Crippen LogP contribution in [0.1, 0.15) is 58.9 Å². The summed E-state index contributed by atoms with van der Waals surface area (Å²) in [5.74, 6) is -0.142. The number of likely N-dealkylation sites (tertiary alicyclic amines) is 1. The predicted octanol–water partition coefficient (Wildman–Crippen LogP) is 2.95. The summed E-state index contributed by atoms with van der Waals surface area (Å²) in [4.78, 5) is 22.0. The lowest BCUT2D eigenvalue weighted by molar-refractivity contribution is 0.0601. The van der Waals surface area contributed by atoms with Gasteiger partial charge in [0, 0.05) is 43.5 Å². The molecule has 2 fully saturated rings. The van der Waals surface area contributed by atoms with Crippen LogP contribution in [0.15, 0.2) is 30.5 Å². The van der Waals surface area contributed by atoms with Gasteiger partial charge in [-0.25, -0.2) is 13.9 Å². The summed E-state index contributed by atoms with van der Waals surface area (Å²) in [6.07, 6.45) is 5.47. The number of anilines is 1. The number of nitriles is 1. The van der Waals surface area contributed by atoms with Crippen LogP contribution in [-0.2, 0) is 0 Å². The highest BCUT2D eigenvalue weighted by atomic mass is 19.1. The molecule has 2 N–H and O–H groups in total. The molecule has 8 nitrogen and oxygen atoms in total. The molecule has 0 spiro atoms. The van der Waals surface area contributed by atoms with Crippen molar-refractivity contribution in [3.05, 3.63) is 58.7 Å². The van der Waals surface area contributed by atoms with Crippen molar-refractivity contribution in [2.75, 3.05) is 24.5 Å². The van der Waals surface area contributed by atoms with Crippen LogP contribution < -0.4 is 10.6 Å². The van der Waals surface area contributed by atoms with Crippen molar-refractivity contribution < 1.29 is 9.18 Å². The Morgan fingerprint density at radius 3 is 2.82 bits per heavy atom. The van der Waals surface area contributed by atoms with E-state index < -0.39 is 5.82 Å². The zero-order valence-electron chi connectivity index (χ0n) is 18.5. The lowest BCUT2D eigenvalue weighted by Gasteiger charge is -2.34. The summed E-state index contributed by atoms with van der Waals surface area (Å²) in [7, 11) is 0. The van der Waals surface area contributed by atoms with Gasteiger partial charge in [0.15, 0.2) is 5.65 Å². The maximum absolute atomic E-state index is 14.6. The van der Waals surface area contributed by atoms with E-state index >= 15 is 0 Å². The molecule has 0 aliphatic carbocycles. The number of fused-ring (bicyclic) bond motifs is 1. The van der Waals surface area contributed by atoms with Crippen molar-refractivity contribution in [1.82, 2.24) is 19.5 Å². The fourth-order valence-electron chi connectivity index (χ4n) is 4.88. The predicted molar refractivity (Wildman–Crippen MR) is 121 cm³/mol. The molecule has 1 amide bonds. The van der Waals surface area contributed by atoms with Gasteiger partial charge in [-0.1, -0.05) is 0 Å². The number of piperidine rings is 1. The summed E-state index contributed by atoms with van der Waals surface area (Å²) in [5, 5.41) is 13.7. The molecule has 2 aromatic heterocycles. The van der Waals surface area contributed by atoms with Crippen LogP contribution in [0.25, 0.3) is 5.65 Å². The Hall–Kier alpha value is -3.51. The second-order valence-corrected chi connectivity index (χ2v) is 8.93. The SMILES string of the molecule is Cc1cn2nc([C@@H]3CCCCN3C(=O)c3ccc(C#N)cc3F)cc2nc1N1CC[C@H](N)C1. The van der Waals surface area contributed by atoms with Gasteiger partial charge < -0.3 is 15.5 Å². The van der Waals surface area contributed by atoms with Gasteiger partial charge in [-0.15, -0.1) is 0 Å². The average Bonchev–Trinajstić information content (AvgIpc) is 3.43. The third-order valence-electron chi connectivity index (χ3n) is 6.58. The van der Waals surface area contributed by atoms with Crippen molar-refractivity contribution in [1.29, 1.82) is 5.26 Å².